The molecule has 0 bridgehead atoms. The summed E-state index contributed by atoms with van der Waals surface area (Å²) in [6, 6.07) is 0. The van der Waals surface area contributed by atoms with Crippen LogP contribution in [0.1, 0.15) is 73.1 Å². The van der Waals surface area contributed by atoms with Gasteiger partial charge in [-0.1, -0.05) is 32.4 Å². The molecule has 0 aromatic rings. The fourth-order valence-corrected chi connectivity index (χ4v) is 5.94. The molecule has 0 aliphatic heterocycles. The third kappa shape index (κ3) is 4.92. The smallest absolute Gasteiger partial charge is 0.303 e. The molecule has 154 valence electrons. The highest BCUT2D eigenvalue weighted by atomic mass is 16.5. The molecule has 0 radical (unpaired) electrons. The van der Waals surface area contributed by atoms with Crippen molar-refractivity contribution in [3.8, 4) is 0 Å². The molecule has 1 saturated carbocycles. The van der Waals surface area contributed by atoms with Crippen molar-refractivity contribution < 1.29 is 24.5 Å². The predicted octanol–water partition coefficient (Wildman–Crippen LogP) is 4.19. The van der Waals surface area contributed by atoms with E-state index in [4.69, 9.17) is 9.84 Å². The Labute approximate surface area is 163 Å². The summed E-state index contributed by atoms with van der Waals surface area (Å²) in [5, 5.41) is 19.7. The summed E-state index contributed by atoms with van der Waals surface area (Å²) < 4.78 is 5.39. The van der Waals surface area contributed by atoms with Crippen molar-refractivity contribution in [3.63, 3.8) is 0 Å². The molecule has 0 spiro atoms. The number of aliphatic hydroxyl groups excluding tert-OH is 1. The van der Waals surface area contributed by atoms with Crippen molar-refractivity contribution in [2.75, 3.05) is 6.61 Å². The van der Waals surface area contributed by atoms with Crippen molar-refractivity contribution in [1.29, 1.82) is 0 Å². The molecule has 0 heterocycles. The van der Waals surface area contributed by atoms with Crippen LogP contribution in [-0.2, 0) is 14.3 Å². The Kier molecular flexibility index (Phi) is 6.77. The van der Waals surface area contributed by atoms with Gasteiger partial charge in [0.25, 0.3) is 0 Å². The Hall–Kier alpha value is -1.36. The van der Waals surface area contributed by atoms with E-state index in [0.717, 1.165) is 25.7 Å². The summed E-state index contributed by atoms with van der Waals surface area (Å²) >= 11 is 0. The summed E-state index contributed by atoms with van der Waals surface area (Å²) in [5.74, 6) is -0.236. The van der Waals surface area contributed by atoms with E-state index in [1.165, 1.54) is 12.5 Å². The Morgan fingerprint density at radius 2 is 2.00 bits per heavy atom. The van der Waals surface area contributed by atoms with Gasteiger partial charge in [-0.2, -0.15) is 0 Å². The highest BCUT2D eigenvalue weighted by molar-refractivity contribution is 5.67. The molecule has 1 fully saturated rings. The molecule has 2 rings (SSSR count). The molecular weight excluding hydrogens is 344 g/mol. The van der Waals surface area contributed by atoms with Gasteiger partial charge in [-0.15, -0.1) is 0 Å². The molecule has 5 heteroatoms. The van der Waals surface area contributed by atoms with Crippen molar-refractivity contribution in [2.45, 2.75) is 79.2 Å². The van der Waals surface area contributed by atoms with Gasteiger partial charge in [-0.25, -0.2) is 0 Å². The highest BCUT2D eigenvalue weighted by Gasteiger charge is 2.56. The number of aliphatic carboxylic acids is 1. The van der Waals surface area contributed by atoms with Crippen LogP contribution in [0.25, 0.3) is 0 Å². The first-order valence-electron chi connectivity index (χ1n) is 10.2. The average Bonchev–Trinajstić information content (AvgIpc) is 2.50. The van der Waals surface area contributed by atoms with Gasteiger partial charge in [0.2, 0.25) is 0 Å². The lowest BCUT2D eigenvalue weighted by atomic mass is 9.47. The number of fused-ring (bicyclic) bond motifs is 1. The minimum Gasteiger partial charge on any atom is -0.481 e. The Morgan fingerprint density at radius 1 is 1.33 bits per heavy atom. The fraction of sp³-hybridized carbons (Fsp3) is 0.818. The van der Waals surface area contributed by atoms with Gasteiger partial charge in [-0.3, -0.25) is 9.59 Å². The average molecular weight is 381 g/mol. The number of esters is 1. The van der Waals surface area contributed by atoms with Crippen LogP contribution in [0.15, 0.2) is 11.6 Å². The van der Waals surface area contributed by atoms with Gasteiger partial charge in [0.05, 0.1) is 12.7 Å². The molecule has 5 nitrogen and oxygen atoms in total. The third-order valence-electron chi connectivity index (χ3n) is 7.11. The standard InChI is InChI=1S/C22H36O5/c1-14(10-20(25)26)6-8-18-15(2)7-9-19-21(4,13-27-16(3)23)11-17(24)12-22(18,19)5/h7,14,17-19,24H,6,8-13H2,1-5H3,(H,25,26)/t14?,17-,18-,19-,21+,22+/m1/s1. The second kappa shape index (κ2) is 8.34. The van der Waals surface area contributed by atoms with Gasteiger partial charge < -0.3 is 14.9 Å². The van der Waals surface area contributed by atoms with Gasteiger partial charge in [0.1, 0.15) is 0 Å². The number of allylic oxidation sites excluding steroid dienone is 2. The van der Waals surface area contributed by atoms with Crippen LogP contribution in [-0.4, -0.2) is 34.9 Å². The topological polar surface area (TPSA) is 83.8 Å². The van der Waals surface area contributed by atoms with Crippen molar-refractivity contribution in [2.24, 2.45) is 28.6 Å². The number of ether oxygens (including phenoxy) is 1. The Morgan fingerprint density at radius 3 is 2.59 bits per heavy atom. The van der Waals surface area contributed by atoms with E-state index in [1.54, 1.807) is 0 Å². The quantitative estimate of drug-likeness (QED) is 0.511. The maximum absolute atomic E-state index is 11.4. The second-order valence-corrected chi connectivity index (χ2v) is 9.57. The van der Waals surface area contributed by atoms with E-state index in [1.807, 2.05) is 6.92 Å². The zero-order valence-electron chi connectivity index (χ0n) is 17.5. The summed E-state index contributed by atoms with van der Waals surface area (Å²) in [4.78, 5) is 22.4. The van der Waals surface area contributed by atoms with Crippen LogP contribution in [0.5, 0.6) is 0 Å². The van der Waals surface area contributed by atoms with E-state index in [2.05, 4.69) is 26.8 Å². The first-order chi connectivity index (χ1) is 12.5. The van der Waals surface area contributed by atoms with E-state index in [0.29, 0.717) is 24.9 Å². The molecule has 0 aromatic carbocycles. The van der Waals surface area contributed by atoms with Gasteiger partial charge >= 0.3 is 11.9 Å². The molecular formula is C22H36O5. The van der Waals surface area contributed by atoms with Crippen LogP contribution in [0.2, 0.25) is 0 Å². The zero-order chi connectivity index (χ0) is 20.4. The lowest BCUT2D eigenvalue weighted by Gasteiger charge is -2.58. The van der Waals surface area contributed by atoms with E-state index < -0.39 is 12.1 Å². The van der Waals surface area contributed by atoms with Crippen LogP contribution in [0.3, 0.4) is 0 Å². The molecule has 0 aromatic heterocycles. The molecule has 1 unspecified atom stereocenters. The summed E-state index contributed by atoms with van der Waals surface area (Å²) in [7, 11) is 0. The lowest BCUT2D eigenvalue weighted by Crippen LogP contribution is -2.55. The van der Waals surface area contributed by atoms with Gasteiger partial charge in [0.15, 0.2) is 0 Å². The highest BCUT2D eigenvalue weighted by Crippen LogP contribution is 2.60. The van der Waals surface area contributed by atoms with E-state index in [-0.39, 0.29) is 29.1 Å². The number of carboxylic acids is 1. The summed E-state index contributed by atoms with van der Waals surface area (Å²) in [6.45, 7) is 10.3. The molecule has 6 atom stereocenters. The largest absolute Gasteiger partial charge is 0.481 e. The predicted molar refractivity (Wildman–Crippen MR) is 104 cm³/mol. The van der Waals surface area contributed by atoms with Crippen LogP contribution in [0.4, 0.5) is 0 Å². The maximum Gasteiger partial charge on any atom is 0.303 e. The molecule has 2 N–H and O–H groups in total. The van der Waals surface area contributed by atoms with Crippen molar-refractivity contribution >= 4 is 11.9 Å². The molecule has 0 saturated heterocycles. The number of hydrogen-bond acceptors (Lipinski definition) is 4. The number of carbonyl (C=O) groups excluding carboxylic acids is 1. The molecule has 2 aliphatic rings. The minimum atomic E-state index is -0.746. The molecule has 2 aliphatic carbocycles. The fourth-order valence-electron chi connectivity index (χ4n) is 5.94. The number of carbonyl (C=O) groups is 2. The Balaban J connectivity index is 2.23. The number of hydrogen-bond donors (Lipinski definition) is 2. The van der Waals surface area contributed by atoms with Crippen LogP contribution in [0, 0.1) is 28.6 Å². The monoisotopic (exact) mass is 380 g/mol. The summed E-state index contributed by atoms with van der Waals surface area (Å²) in [5.41, 5.74) is 1.02. The van der Waals surface area contributed by atoms with Crippen molar-refractivity contribution in [1.82, 2.24) is 0 Å². The minimum absolute atomic E-state index is 0.0751. The van der Waals surface area contributed by atoms with E-state index in [9.17, 15) is 14.7 Å². The van der Waals surface area contributed by atoms with Gasteiger partial charge in [0, 0.05) is 18.8 Å². The Bertz CT molecular complexity index is 598. The summed E-state index contributed by atoms with van der Waals surface area (Å²) in [6.07, 6.45) is 6.23. The SMILES string of the molecule is CC(=O)OC[C@]1(C)C[C@@H](O)C[C@@]2(C)[C@H](CCC(C)CC(=O)O)C(C)=CC[C@H]12. The zero-order valence-corrected chi connectivity index (χ0v) is 17.5. The van der Waals surface area contributed by atoms with Crippen LogP contribution < -0.4 is 0 Å². The van der Waals surface area contributed by atoms with Crippen LogP contribution >= 0.6 is 0 Å². The number of rotatable bonds is 7. The number of aliphatic hydroxyl groups is 1. The first kappa shape index (κ1) is 21.9. The number of carboxylic acid groups (broad SMARTS) is 1. The first-order valence-corrected chi connectivity index (χ1v) is 10.2. The van der Waals surface area contributed by atoms with Crippen molar-refractivity contribution in [3.05, 3.63) is 11.6 Å². The third-order valence-corrected chi connectivity index (χ3v) is 7.11. The second-order valence-electron chi connectivity index (χ2n) is 9.57. The maximum atomic E-state index is 11.4. The molecule has 0 amide bonds. The lowest BCUT2D eigenvalue weighted by molar-refractivity contribution is -0.159. The van der Waals surface area contributed by atoms with Gasteiger partial charge in [-0.05, 0) is 62.2 Å². The molecule has 27 heavy (non-hydrogen) atoms. The van der Waals surface area contributed by atoms with E-state index >= 15 is 0 Å². The normalized spacial score (nSPS) is 37.1.